The first kappa shape index (κ1) is 10.8. The van der Waals surface area contributed by atoms with Gasteiger partial charge in [0, 0.05) is 12.6 Å². The van der Waals surface area contributed by atoms with Crippen LogP contribution >= 0.6 is 11.3 Å². The molecule has 0 saturated heterocycles. The zero-order valence-electron chi connectivity index (χ0n) is 8.59. The lowest BCUT2D eigenvalue weighted by atomic mass is 10.3. The Morgan fingerprint density at radius 3 is 2.88 bits per heavy atom. The highest BCUT2D eigenvalue weighted by molar-refractivity contribution is 7.16. The fourth-order valence-electron chi connectivity index (χ4n) is 1.45. The Hall–Kier alpha value is -1.68. The van der Waals surface area contributed by atoms with Crippen LogP contribution in [0.4, 0.5) is 5.13 Å². The topological polar surface area (TPSA) is 95.9 Å². The molecule has 0 spiro atoms. The first-order chi connectivity index (χ1) is 7.72. The molecule has 0 unspecified atom stereocenters. The Morgan fingerprint density at radius 1 is 1.62 bits per heavy atom. The van der Waals surface area contributed by atoms with Gasteiger partial charge in [0.15, 0.2) is 0 Å². The molecule has 0 aliphatic heterocycles. The molecule has 1 aliphatic rings. The first-order valence-corrected chi connectivity index (χ1v) is 5.81. The molecule has 1 aliphatic carbocycles. The van der Waals surface area contributed by atoms with E-state index in [9.17, 15) is 4.79 Å². The van der Waals surface area contributed by atoms with Gasteiger partial charge < -0.3 is 10.6 Å². The number of anilines is 1. The summed E-state index contributed by atoms with van der Waals surface area (Å²) in [5.41, 5.74) is 5.43. The molecule has 84 valence electrons. The van der Waals surface area contributed by atoms with Crippen molar-refractivity contribution in [3.05, 3.63) is 5.01 Å². The highest BCUT2D eigenvalue weighted by Crippen LogP contribution is 2.29. The van der Waals surface area contributed by atoms with Crippen molar-refractivity contribution in [2.45, 2.75) is 25.3 Å². The minimum Gasteiger partial charge on any atom is -0.374 e. The molecule has 1 aromatic rings. The van der Waals surface area contributed by atoms with Gasteiger partial charge in [0.25, 0.3) is 5.91 Å². The van der Waals surface area contributed by atoms with Crippen LogP contribution in [0.2, 0.25) is 0 Å². The molecule has 0 aromatic carbocycles. The molecule has 2 N–H and O–H groups in total. The molecule has 1 aromatic heterocycles. The fraction of sp³-hybridized carbons (Fsp3) is 0.556. The second-order valence-corrected chi connectivity index (χ2v) is 4.59. The third-order valence-electron chi connectivity index (χ3n) is 2.34. The first-order valence-electron chi connectivity index (χ1n) is 4.99. The normalized spacial score (nSPS) is 14.4. The van der Waals surface area contributed by atoms with Gasteiger partial charge in [-0.1, -0.05) is 11.3 Å². The van der Waals surface area contributed by atoms with Crippen molar-refractivity contribution in [2.24, 2.45) is 0 Å². The van der Waals surface area contributed by atoms with Crippen molar-refractivity contribution in [2.75, 3.05) is 12.3 Å². The van der Waals surface area contributed by atoms with Gasteiger partial charge in [-0.3, -0.25) is 4.79 Å². The molecule has 0 atom stereocenters. The quantitative estimate of drug-likeness (QED) is 0.828. The summed E-state index contributed by atoms with van der Waals surface area (Å²) in [6.45, 7) is 0.458. The number of nitriles is 1. The summed E-state index contributed by atoms with van der Waals surface area (Å²) < 4.78 is 0. The number of hydrogen-bond acceptors (Lipinski definition) is 6. The lowest BCUT2D eigenvalue weighted by Gasteiger charge is -2.19. The van der Waals surface area contributed by atoms with Gasteiger partial charge in [-0.05, 0) is 12.8 Å². The smallest absolute Gasteiger partial charge is 0.285 e. The second-order valence-electron chi connectivity index (χ2n) is 3.58. The molecule has 1 heterocycles. The van der Waals surface area contributed by atoms with E-state index in [4.69, 9.17) is 11.0 Å². The van der Waals surface area contributed by atoms with Crippen LogP contribution in [-0.4, -0.2) is 33.6 Å². The van der Waals surface area contributed by atoms with Gasteiger partial charge in [0.05, 0.1) is 12.5 Å². The van der Waals surface area contributed by atoms with E-state index >= 15 is 0 Å². The number of nitrogens with two attached hydrogens (primary N) is 1. The molecule has 6 nitrogen and oxygen atoms in total. The summed E-state index contributed by atoms with van der Waals surface area (Å²) in [4.78, 5) is 13.7. The Bertz CT molecular complexity index is 433. The Balaban J connectivity index is 2.08. The van der Waals surface area contributed by atoms with Crippen LogP contribution in [0.5, 0.6) is 0 Å². The van der Waals surface area contributed by atoms with E-state index in [0.717, 1.165) is 24.2 Å². The van der Waals surface area contributed by atoms with Crippen LogP contribution in [0.1, 0.15) is 29.1 Å². The number of rotatable bonds is 4. The average Bonchev–Trinajstić information content (AvgIpc) is 3.01. The van der Waals surface area contributed by atoms with Crippen molar-refractivity contribution >= 4 is 22.4 Å². The molecule has 0 radical (unpaired) electrons. The highest BCUT2D eigenvalue weighted by atomic mass is 32.1. The SMILES string of the molecule is N#CCCN(C(=O)c1nnc(N)s1)C1CC1. The van der Waals surface area contributed by atoms with E-state index in [1.54, 1.807) is 4.90 Å². The van der Waals surface area contributed by atoms with E-state index in [-0.39, 0.29) is 11.9 Å². The molecule has 0 bridgehead atoms. The lowest BCUT2D eigenvalue weighted by molar-refractivity contribution is 0.0745. The van der Waals surface area contributed by atoms with E-state index in [0.29, 0.717) is 23.1 Å². The van der Waals surface area contributed by atoms with Crippen LogP contribution in [0.3, 0.4) is 0 Å². The van der Waals surface area contributed by atoms with Crippen LogP contribution in [0.25, 0.3) is 0 Å². The van der Waals surface area contributed by atoms with Gasteiger partial charge in [0.1, 0.15) is 0 Å². The Labute approximate surface area is 96.7 Å². The van der Waals surface area contributed by atoms with Gasteiger partial charge in [0.2, 0.25) is 10.1 Å². The number of nitrogen functional groups attached to an aromatic ring is 1. The highest BCUT2D eigenvalue weighted by Gasteiger charge is 2.34. The van der Waals surface area contributed by atoms with Gasteiger partial charge in [-0.25, -0.2) is 0 Å². The van der Waals surface area contributed by atoms with E-state index in [1.807, 2.05) is 6.07 Å². The van der Waals surface area contributed by atoms with Crippen molar-refractivity contribution in [1.82, 2.24) is 15.1 Å². The summed E-state index contributed by atoms with van der Waals surface area (Å²) in [6.07, 6.45) is 2.35. The summed E-state index contributed by atoms with van der Waals surface area (Å²) in [6, 6.07) is 2.31. The van der Waals surface area contributed by atoms with Crippen molar-refractivity contribution in [3.63, 3.8) is 0 Å². The van der Waals surface area contributed by atoms with Crippen molar-refractivity contribution in [3.8, 4) is 6.07 Å². The standard InChI is InChI=1S/C9H11N5OS/c10-4-1-5-14(6-2-3-6)8(15)7-12-13-9(11)16-7/h6H,1-3,5H2,(H2,11,13). The maximum Gasteiger partial charge on any atom is 0.285 e. The minimum atomic E-state index is -0.160. The van der Waals surface area contributed by atoms with E-state index in [2.05, 4.69) is 10.2 Å². The third-order valence-corrected chi connectivity index (χ3v) is 3.08. The van der Waals surface area contributed by atoms with Gasteiger partial charge in [-0.15, -0.1) is 10.2 Å². The number of nitrogens with zero attached hydrogens (tertiary/aromatic N) is 4. The zero-order chi connectivity index (χ0) is 11.5. The van der Waals surface area contributed by atoms with Crippen LogP contribution in [-0.2, 0) is 0 Å². The number of amides is 1. The summed E-state index contributed by atoms with van der Waals surface area (Å²) in [7, 11) is 0. The number of aromatic nitrogens is 2. The van der Waals surface area contributed by atoms with Crippen LogP contribution < -0.4 is 5.73 Å². The third kappa shape index (κ3) is 2.28. The second kappa shape index (κ2) is 4.45. The maximum absolute atomic E-state index is 12.0. The average molecular weight is 237 g/mol. The Morgan fingerprint density at radius 2 is 2.38 bits per heavy atom. The molecule has 1 saturated carbocycles. The molecule has 7 heteroatoms. The number of hydrogen-bond donors (Lipinski definition) is 1. The minimum absolute atomic E-state index is 0.160. The van der Waals surface area contributed by atoms with E-state index in [1.165, 1.54) is 0 Å². The molecule has 2 rings (SSSR count). The maximum atomic E-state index is 12.0. The van der Waals surface area contributed by atoms with Crippen LogP contribution in [0.15, 0.2) is 0 Å². The van der Waals surface area contributed by atoms with Crippen LogP contribution in [0, 0.1) is 11.3 Å². The number of carbonyl (C=O) groups excluding carboxylic acids is 1. The number of carbonyl (C=O) groups is 1. The Kier molecular flexibility index (Phi) is 3.01. The van der Waals surface area contributed by atoms with E-state index < -0.39 is 0 Å². The lowest BCUT2D eigenvalue weighted by Crippen LogP contribution is -2.33. The van der Waals surface area contributed by atoms with Gasteiger partial charge >= 0.3 is 0 Å². The molecule has 16 heavy (non-hydrogen) atoms. The summed E-state index contributed by atoms with van der Waals surface area (Å²) in [5, 5.41) is 16.5. The van der Waals surface area contributed by atoms with Crippen molar-refractivity contribution in [1.29, 1.82) is 5.26 Å². The molecule has 1 amide bonds. The van der Waals surface area contributed by atoms with Gasteiger partial charge in [-0.2, -0.15) is 5.26 Å². The predicted molar refractivity (Wildman–Crippen MR) is 58.6 cm³/mol. The molecular weight excluding hydrogens is 226 g/mol. The zero-order valence-corrected chi connectivity index (χ0v) is 9.40. The fourth-order valence-corrected chi connectivity index (χ4v) is 2.02. The predicted octanol–water partition coefficient (Wildman–Crippen LogP) is 0.639. The van der Waals surface area contributed by atoms with Crippen molar-refractivity contribution < 1.29 is 4.79 Å². The molecule has 1 fully saturated rings. The monoisotopic (exact) mass is 237 g/mol. The largest absolute Gasteiger partial charge is 0.374 e. The molecular formula is C9H11N5OS. The summed E-state index contributed by atoms with van der Waals surface area (Å²) >= 11 is 1.08. The summed E-state index contributed by atoms with van der Waals surface area (Å²) in [5.74, 6) is -0.160.